The summed E-state index contributed by atoms with van der Waals surface area (Å²) >= 11 is 0. The van der Waals surface area contributed by atoms with Crippen LogP contribution in [0.5, 0.6) is 0 Å². The summed E-state index contributed by atoms with van der Waals surface area (Å²) in [6.45, 7) is 11.7. The molecule has 3 nitrogen and oxygen atoms in total. The number of hydrogen-bond donors (Lipinski definition) is 2. The Morgan fingerprint density at radius 2 is 1.80 bits per heavy atom. The van der Waals surface area contributed by atoms with Crippen molar-refractivity contribution in [3.63, 3.8) is 0 Å². The second-order valence-corrected chi connectivity index (χ2v) is 6.61. The van der Waals surface area contributed by atoms with Gasteiger partial charge in [0.1, 0.15) is 5.82 Å². The van der Waals surface area contributed by atoms with Crippen molar-refractivity contribution in [1.29, 1.82) is 0 Å². The molecule has 0 radical (unpaired) electrons. The summed E-state index contributed by atoms with van der Waals surface area (Å²) < 4.78 is 0. The highest BCUT2D eigenvalue weighted by atomic mass is 15.0. The first-order chi connectivity index (χ1) is 9.36. The molecule has 1 heterocycles. The summed E-state index contributed by atoms with van der Waals surface area (Å²) in [5.41, 5.74) is 3.80. The van der Waals surface area contributed by atoms with Crippen LogP contribution in [-0.2, 0) is 12.0 Å². The van der Waals surface area contributed by atoms with Crippen molar-refractivity contribution in [1.82, 2.24) is 15.3 Å². The first-order valence-electron chi connectivity index (χ1n) is 7.24. The van der Waals surface area contributed by atoms with Crippen molar-refractivity contribution in [3.05, 3.63) is 41.9 Å². The van der Waals surface area contributed by atoms with Crippen LogP contribution in [0.1, 0.15) is 46.0 Å². The summed E-state index contributed by atoms with van der Waals surface area (Å²) in [7, 11) is 0. The average molecular weight is 271 g/mol. The molecule has 20 heavy (non-hydrogen) atoms. The molecule has 1 aromatic carbocycles. The van der Waals surface area contributed by atoms with Gasteiger partial charge in [-0.3, -0.25) is 0 Å². The summed E-state index contributed by atoms with van der Waals surface area (Å²) in [5.74, 6) is 0.980. The summed E-state index contributed by atoms with van der Waals surface area (Å²) in [6, 6.07) is 9.18. The van der Waals surface area contributed by atoms with E-state index in [4.69, 9.17) is 0 Å². The van der Waals surface area contributed by atoms with Crippen LogP contribution in [0.25, 0.3) is 11.3 Å². The van der Waals surface area contributed by atoms with E-state index >= 15 is 0 Å². The van der Waals surface area contributed by atoms with Gasteiger partial charge in [0.25, 0.3) is 0 Å². The molecule has 0 amide bonds. The van der Waals surface area contributed by atoms with E-state index in [1.165, 1.54) is 11.1 Å². The molecule has 0 saturated carbocycles. The molecule has 2 aromatic rings. The van der Waals surface area contributed by atoms with Crippen LogP contribution in [0.15, 0.2) is 30.5 Å². The maximum atomic E-state index is 4.42. The molecule has 0 aliphatic heterocycles. The van der Waals surface area contributed by atoms with Gasteiger partial charge in [-0.1, -0.05) is 58.9 Å². The lowest BCUT2D eigenvalue weighted by molar-refractivity contribution is 0.575. The predicted octanol–water partition coefficient (Wildman–Crippen LogP) is 3.87. The molecule has 1 aromatic heterocycles. The molecule has 2 rings (SSSR count). The Labute approximate surface area is 121 Å². The standard InChI is InChI=1S/C17H25N3/c1-12(2)18-11-16-19-10-15(20-16)13-6-8-14(9-7-13)17(3,4)5/h6-10,12,18H,11H2,1-5H3,(H,19,20). The second-order valence-electron chi connectivity index (χ2n) is 6.61. The lowest BCUT2D eigenvalue weighted by atomic mass is 9.86. The quantitative estimate of drug-likeness (QED) is 0.886. The summed E-state index contributed by atoms with van der Waals surface area (Å²) in [4.78, 5) is 7.79. The second kappa shape index (κ2) is 5.80. The van der Waals surface area contributed by atoms with Gasteiger partial charge in [-0.25, -0.2) is 4.98 Å². The minimum absolute atomic E-state index is 0.193. The van der Waals surface area contributed by atoms with Crippen molar-refractivity contribution >= 4 is 0 Å². The van der Waals surface area contributed by atoms with Gasteiger partial charge in [-0.2, -0.15) is 0 Å². The Kier molecular flexibility index (Phi) is 4.29. The van der Waals surface area contributed by atoms with Gasteiger partial charge in [0, 0.05) is 6.04 Å². The zero-order valence-corrected chi connectivity index (χ0v) is 13.1. The van der Waals surface area contributed by atoms with Gasteiger partial charge in [-0.15, -0.1) is 0 Å². The van der Waals surface area contributed by atoms with Crippen molar-refractivity contribution in [2.24, 2.45) is 0 Å². The van der Waals surface area contributed by atoms with Crippen molar-refractivity contribution < 1.29 is 0 Å². The summed E-state index contributed by atoms with van der Waals surface area (Å²) in [6.07, 6.45) is 1.91. The predicted molar refractivity (Wildman–Crippen MR) is 84.7 cm³/mol. The van der Waals surface area contributed by atoms with Gasteiger partial charge in [0.2, 0.25) is 0 Å². The highest BCUT2D eigenvalue weighted by Crippen LogP contribution is 2.25. The van der Waals surface area contributed by atoms with E-state index in [1.54, 1.807) is 0 Å². The number of nitrogens with one attached hydrogen (secondary N) is 2. The fourth-order valence-electron chi connectivity index (χ4n) is 2.05. The van der Waals surface area contributed by atoms with Gasteiger partial charge in [0.15, 0.2) is 0 Å². The molecule has 2 N–H and O–H groups in total. The van der Waals surface area contributed by atoms with E-state index < -0.39 is 0 Å². The van der Waals surface area contributed by atoms with Gasteiger partial charge >= 0.3 is 0 Å². The fourth-order valence-corrected chi connectivity index (χ4v) is 2.05. The first kappa shape index (κ1) is 14.8. The fraction of sp³-hybridized carbons (Fsp3) is 0.471. The molecule has 0 fully saturated rings. The van der Waals surface area contributed by atoms with Crippen molar-refractivity contribution in [2.75, 3.05) is 0 Å². The van der Waals surface area contributed by atoms with Crippen molar-refractivity contribution in [2.45, 2.75) is 52.6 Å². The highest BCUT2D eigenvalue weighted by Gasteiger charge is 2.13. The molecular formula is C17H25N3. The van der Waals surface area contributed by atoms with Gasteiger partial charge in [0.05, 0.1) is 18.4 Å². The Bertz CT molecular complexity index is 544. The van der Waals surface area contributed by atoms with Crippen LogP contribution in [-0.4, -0.2) is 16.0 Å². The monoisotopic (exact) mass is 271 g/mol. The molecule has 0 saturated heterocycles. The van der Waals surface area contributed by atoms with Crippen LogP contribution in [0.2, 0.25) is 0 Å². The van der Waals surface area contributed by atoms with Crippen LogP contribution in [0.3, 0.4) is 0 Å². The Morgan fingerprint density at radius 3 is 2.35 bits per heavy atom. The number of benzene rings is 1. The lowest BCUT2D eigenvalue weighted by Crippen LogP contribution is -2.22. The molecule has 0 aliphatic rings. The SMILES string of the molecule is CC(C)NCc1ncc(-c2ccc(C(C)(C)C)cc2)[nH]1. The lowest BCUT2D eigenvalue weighted by Gasteiger charge is -2.18. The summed E-state index contributed by atoms with van der Waals surface area (Å²) in [5, 5.41) is 3.36. The molecule has 108 valence electrons. The molecule has 0 bridgehead atoms. The first-order valence-corrected chi connectivity index (χ1v) is 7.24. The van der Waals surface area contributed by atoms with Crippen LogP contribution in [0.4, 0.5) is 0 Å². The van der Waals surface area contributed by atoms with E-state index in [0.29, 0.717) is 6.04 Å². The van der Waals surface area contributed by atoms with E-state index in [1.807, 2.05) is 6.20 Å². The normalized spacial score (nSPS) is 12.1. The zero-order chi connectivity index (χ0) is 14.8. The van der Waals surface area contributed by atoms with Gasteiger partial charge < -0.3 is 10.3 Å². The number of hydrogen-bond acceptors (Lipinski definition) is 2. The molecule has 0 spiro atoms. The number of aromatic nitrogens is 2. The highest BCUT2D eigenvalue weighted by molar-refractivity contribution is 5.59. The minimum atomic E-state index is 0.193. The third-order valence-electron chi connectivity index (χ3n) is 3.37. The third kappa shape index (κ3) is 3.70. The van der Waals surface area contributed by atoms with E-state index in [2.05, 4.69) is 74.2 Å². The number of nitrogens with zero attached hydrogens (tertiary/aromatic N) is 1. The number of imidazole rings is 1. The van der Waals surface area contributed by atoms with E-state index in [-0.39, 0.29) is 5.41 Å². The van der Waals surface area contributed by atoms with Crippen LogP contribution < -0.4 is 5.32 Å². The number of rotatable bonds is 4. The molecule has 0 aliphatic carbocycles. The largest absolute Gasteiger partial charge is 0.341 e. The molecule has 0 atom stereocenters. The minimum Gasteiger partial charge on any atom is -0.341 e. The number of aromatic amines is 1. The van der Waals surface area contributed by atoms with Crippen molar-refractivity contribution in [3.8, 4) is 11.3 Å². The van der Waals surface area contributed by atoms with E-state index in [0.717, 1.165) is 18.1 Å². The zero-order valence-electron chi connectivity index (χ0n) is 13.1. The van der Waals surface area contributed by atoms with Gasteiger partial charge in [-0.05, 0) is 16.5 Å². The maximum absolute atomic E-state index is 4.42. The molecule has 3 heteroatoms. The molecular weight excluding hydrogens is 246 g/mol. The Hall–Kier alpha value is -1.61. The van der Waals surface area contributed by atoms with Crippen LogP contribution >= 0.6 is 0 Å². The van der Waals surface area contributed by atoms with Crippen LogP contribution in [0, 0.1) is 0 Å². The average Bonchev–Trinajstić information content (AvgIpc) is 2.84. The Morgan fingerprint density at radius 1 is 1.15 bits per heavy atom. The number of H-pyrrole nitrogens is 1. The third-order valence-corrected chi connectivity index (χ3v) is 3.37. The topological polar surface area (TPSA) is 40.7 Å². The molecule has 0 unspecified atom stereocenters. The van der Waals surface area contributed by atoms with E-state index in [9.17, 15) is 0 Å². The maximum Gasteiger partial charge on any atom is 0.120 e. The smallest absolute Gasteiger partial charge is 0.120 e. The Balaban J connectivity index is 2.12.